The van der Waals surface area contributed by atoms with Gasteiger partial charge in [-0.05, 0) is 19.4 Å². The molecule has 0 aliphatic carbocycles. The van der Waals surface area contributed by atoms with Crippen molar-refractivity contribution in [2.24, 2.45) is 0 Å². The van der Waals surface area contributed by atoms with E-state index < -0.39 is 54.5 Å². The van der Waals surface area contributed by atoms with Crippen LogP contribution in [-0.2, 0) is 39.9 Å². The average Bonchev–Trinajstić information content (AvgIpc) is 2.95. The van der Waals surface area contributed by atoms with Crippen LogP contribution in [0.1, 0.15) is 19.4 Å². The van der Waals surface area contributed by atoms with Crippen molar-refractivity contribution in [3.63, 3.8) is 0 Å². The van der Waals surface area contributed by atoms with Crippen LogP contribution in [0.25, 0.3) is 0 Å². The molecule has 0 radical (unpaired) electrons. The highest BCUT2D eigenvalue weighted by Gasteiger charge is 2.58. The molecule has 2 aliphatic heterocycles. The molecule has 2 aliphatic rings. The molecule has 0 bridgehead atoms. The average molecular weight is 433 g/mol. The maximum atomic E-state index is 12.8. The lowest BCUT2D eigenvalue weighted by molar-refractivity contribution is -0.230. The number of fused-ring (bicyclic) bond motifs is 1. The Morgan fingerprint density at radius 3 is 2.40 bits per heavy atom. The van der Waals surface area contributed by atoms with Gasteiger partial charge in [0.15, 0.2) is 11.8 Å². The Bertz CT molecular complexity index is 771. The number of hydrogen-bond acceptors (Lipinski definition) is 7. The van der Waals surface area contributed by atoms with E-state index in [-0.39, 0.29) is 6.61 Å². The topological polar surface area (TPSA) is 92.3 Å². The van der Waals surface area contributed by atoms with Gasteiger partial charge in [-0.2, -0.15) is 13.2 Å². The van der Waals surface area contributed by atoms with E-state index in [9.17, 15) is 22.8 Å². The van der Waals surface area contributed by atoms with Gasteiger partial charge in [0.1, 0.15) is 18.3 Å². The van der Waals surface area contributed by atoms with Crippen molar-refractivity contribution in [1.82, 2.24) is 5.32 Å². The van der Waals surface area contributed by atoms with Gasteiger partial charge in [-0.3, -0.25) is 4.79 Å². The largest absolute Gasteiger partial charge is 0.471 e. The van der Waals surface area contributed by atoms with Gasteiger partial charge in [-0.1, -0.05) is 30.3 Å². The third-order valence-electron chi connectivity index (χ3n) is 4.63. The number of hydrogen-bond donors (Lipinski definition) is 1. The van der Waals surface area contributed by atoms with Gasteiger partial charge in [0, 0.05) is 7.11 Å². The lowest BCUT2D eigenvalue weighted by Crippen LogP contribution is -2.55. The predicted octanol–water partition coefficient (Wildman–Crippen LogP) is 1.67. The number of methoxy groups -OCH3 is 1. The molecule has 2 saturated heterocycles. The molecule has 0 saturated carbocycles. The zero-order valence-corrected chi connectivity index (χ0v) is 16.5. The van der Waals surface area contributed by atoms with Gasteiger partial charge in [0.05, 0.1) is 6.61 Å². The predicted molar refractivity (Wildman–Crippen MR) is 93.7 cm³/mol. The Balaban J connectivity index is 1.88. The van der Waals surface area contributed by atoms with Gasteiger partial charge >= 0.3 is 18.1 Å². The van der Waals surface area contributed by atoms with E-state index in [1.807, 2.05) is 30.3 Å². The first-order valence-electron chi connectivity index (χ1n) is 9.14. The molecule has 30 heavy (non-hydrogen) atoms. The fraction of sp³-hybridized carbons (Fsp3) is 0.579. The molecule has 1 aromatic rings. The summed E-state index contributed by atoms with van der Waals surface area (Å²) in [6.45, 7) is 3.16. The van der Waals surface area contributed by atoms with Crippen molar-refractivity contribution in [3.05, 3.63) is 35.9 Å². The molecule has 3 rings (SSSR count). The van der Waals surface area contributed by atoms with Crippen LogP contribution in [0.15, 0.2) is 30.3 Å². The quantitative estimate of drug-likeness (QED) is 0.707. The highest BCUT2D eigenvalue weighted by molar-refractivity contribution is 5.88. The number of carbonyl (C=O) groups is 2. The Kier molecular flexibility index (Phi) is 6.37. The minimum Gasteiger partial charge on any atom is -0.431 e. The second kappa shape index (κ2) is 8.50. The Hall–Kier alpha value is -2.21. The monoisotopic (exact) mass is 433 g/mol. The molecule has 166 valence electrons. The number of nitrogens with one attached hydrogen (secondary N) is 1. The number of esters is 1. The summed E-state index contributed by atoms with van der Waals surface area (Å²) < 4.78 is 66.0. The molecular weight excluding hydrogens is 411 g/mol. The molecule has 11 heteroatoms. The van der Waals surface area contributed by atoms with Crippen molar-refractivity contribution in [3.8, 4) is 0 Å². The number of halogens is 3. The molecule has 1 N–H and O–H groups in total. The summed E-state index contributed by atoms with van der Waals surface area (Å²) in [6, 6.07) is 7.30. The molecule has 0 spiro atoms. The Labute approximate surface area is 170 Å². The van der Waals surface area contributed by atoms with Gasteiger partial charge in [-0.25, -0.2) is 4.79 Å². The van der Waals surface area contributed by atoms with Crippen molar-refractivity contribution in [1.29, 1.82) is 0 Å². The van der Waals surface area contributed by atoms with Gasteiger partial charge in [-0.15, -0.1) is 0 Å². The van der Waals surface area contributed by atoms with Crippen LogP contribution in [0.4, 0.5) is 13.2 Å². The number of cyclic esters (lactones) is 1. The lowest BCUT2D eigenvalue weighted by atomic mass is 10.0. The molecule has 2 fully saturated rings. The minimum absolute atomic E-state index is 0.0928. The highest BCUT2D eigenvalue weighted by atomic mass is 19.4. The third-order valence-corrected chi connectivity index (χ3v) is 4.63. The number of amides is 1. The number of rotatable bonds is 5. The SMILES string of the molecule is CO[C@H]1OC(=O)[C@@H](NC(=O)C(F)(F)F)[C@@H]2OC(C)(C)O[C@@H]2[C@H]1OCc1ccccc1. The van der Waals surface area contributed by atoms with Crippen LogP contribution in [-0.4, -0.2) is 61.6 Å². The van der Waals surface area contributed by atoms with E-state index >= 15 is 0 Å². The first-order valence-corrected chi connectivity index (χ1v) is 9.14. The number of carbonyl (C=O) groups excluding carboxylic acids is 2. The second-order valence-corrected chi connectivity index (χ2v) is 7.32. The van der Waals surface area contributed by atoms with E-state index in [4.69, 9.17) is 23.7 Å². The lowest BCUT2D eigenvalue weighted by Gasteiger charge is -2.29. The van der Waals surface area contributed by atoms with Crippen molar-refractivity contribution in [2.75, 3.05) is 7.11 Å². The van der Waals surface area contributed by atoms with E-state index in [0.29, 0.717) is 0 Å². The summed E-state index contributed by atoms with van der Waals surface area (Å²) >= 11 is 0. The highest BCUT2D eigenvalue weighted by Crippen LogP contribution is 2.37. The molecule has 1 aromatic carbocycles. The molecule has 2 heterocycles. The van der Waals surface area contributed by atoms with Gasteiger partial charge in [0.2, 0.25) is 6.29 Å². The Morgan fingerprint density at radius 1 is 1.17 bits per heavy atom. The summed E-state index contributed by atoms with van der Waals surface area (Å²) in [4.78, 5) is 24.0. The van der Waals surface area contributed by atoms with E-state index in [2.05, 4.69) is 0 Å². The second-order valence-electron chi connectivity index (χ2n) is 7.32. The molecule has 0 aromatic heterocycles. The van der Waals surface area contributed by atoms with Crippen LogP contribution < -0.4 is 5.32 Å². The van der Waals surface area contributed by atoms with Crippen molar-refractivity contribution < 1.29 is 46.4 Å². The number of alkyl halides is 3. The first kappa shape index (κ1) is 22.5. The first-order chi connectivity index (χ1) is 14.0. The summed E-state index contributed by atoms with van der Waals surface area (Å²) in [5.41, 5.74) is 0.805. The van der Waals surface area contributed by atoms with E-state index in [0.717, 1.165) is 5.56 Å². The molecule has 1 amide bonds. The minimum atomic E-state index is -5.19. The fourth-order valence-electron chi connectivity index (χ4n) is 3.36. The van der Waals surface area contributed by atoms with E-state index in [1.54, 1.807) is 5.32 Å². The zero-order chi connectivity index (χ0) is 22.1. The summed E-state index contributed by atoms with van der Waals surface area (Å²) in [7, 11) is 1.25. The maximum absolute atomic E-state index is 12.8. The standard InChI is InChI=1S/C19H22F3NO7/c1-18(2)29-12-11(23-17(25)19(20,21)22)15(24)28-16(26-3)14(13(12)30-18)27-9-10-7-5-4-6-8-10/h4-8,11-14,16H,9H2,1-3H3,(H,23,25)/t11-,12-,13-,14+,16-/m0/s1. The van der Waals surface area contributed by atoms with Crippen molar-refractivity contribution in [2.45, 2.75) is 63.1 Å². The molecule has 0 unspecified atom stereocenters. The zero-order valence-electron chi connectivity index (χ0n) is 16.5. The summed E-state index contributed by atoms with van der Waals surface area (Å²) in [5.74, 6) is -4.70. The van der Waals surface area contributed by atoms with Crippen molar-refractivity contribution >= 4 is 11.9 Å². The number of ether oxygens (including phenoxy) is 5. The molecular formula is C19H22F3NO7. The maximum Gasteiger partial charge on any atom is 0.471 e. The summed E-state index contributed by atoms with van der Waals surface area (Å²) in [5, 5.41) is 1.64. The normalized spacial score (nSPS) is 30.9. The number of benzene rings is 1. The fourth-order valence-corrected chi connectivity index (χ4v) is 3.36. The Morgan fingerprint density at radius 2 is 1.80 bits per heavy atom. The smallest absolute Gasteiger partial charge is 0.431 e. The van der Waals surface area contributed by atoms with Crippen LogP contribution in [0.2, 0.25) is 0 Å². The van der Waals surface area contributed by atoms with E-state index in [1.165, 1.54) is 21.0 Å². The van der Waals surface area contributed by atoms with Crippen LogP contribution >= 0.6 is 0 Å². The van der Waals surface area contributed by atoms with Gasteiger partial charge in [0.25, 0.3) is 0 Å². The molecule has 8 nitrogen and oxygen atoms in total. The van der Waals surface area contributed by atoms with Crippen LogP contribution in [0, 0.1) is 0 Å². The van der Waals surface area contributed by atoms with Crippen LogP contribution in [0.3, 0.4) is 0 Å². The molecule has 5 atom stereocenters. The van der Waals surface area contributed by atoms with Gasteiger partial charge < -0.3 is 29.0 Å². The summed E-state index contributed by atoms with van der Waals surface area (Å²) in [6.07, 6.45) is -9.86. The van der Waals surface area contributed by atoms with Crippen LogP contribution in [0.5, 0.6) is 0 Å². The third kappa shape index (κ3) is 4.91.